The number of benzene rings is 2. The number of aromatic nitrogens is 1. The molecule has 6 nitrogen and oxygen atoms in total. The number of nitrogens with one attached hydrogen (secondary N) is 1. The van der Waals surface area contributed by atoms with Crippen molar-refractivity contribution in [2.24, 2.45) is 0 Å². The van der Waals surface area contributed by atoms with Crippen molar-refractivity contribution >= 4 is 32.3 Å². The number of fused-ring (bicyclic) bond motifs is 1. The van der Waals surface area contributed by atoms with Gasteiger partial charge in [-0.3, -0.25) is 4.72 Å². The predicted molar refractivity (Wildman–Crippen MR) is 117 cm³/mol. The van der Waals surface area contributed by atoms with Crippen LogP contribution in [-0.4, -0.2) is 24.8 Å². The minimum atomic E-state index is -3.33. The third-order valence-corrected chi connectivity index (χ3v) is 7.93. The number of anilines is 2. The molecule has 1 aromatic heterocycles. The van der Waals surface area contributed by atoms with Gasteiger partial charge in [0.15, 0.2) is 0 Å². The zero-order valence-electron chi connectivity index (χ0n) is 16.7. The summed E-state index contributed by atoms with van der Waals surface area (Å²) in [5, 5.41) is 0.482. The third kappa shape index (κ3) is 3.71. The molecule has 5 rings (SSSR count). The first kappa shape index (κ1) is 20.1. The Hall–Kier alpha value is -2.81. The zero-order chi connectivity index (χ0) is 21.8. The number of hydrogen-bond acceptors (Lipinski definition) is 4. The first-order valence-corrected chi connectivity index (χ1v) is 11.9. The minimum absolute atomic E-state index is 0.0944. The smallest absolute Gasteiger partial charge is 0.387 e. The van der Waals surface area contributed by atoms with Gasteiger partial charge in [-0.05, 0) is 56.4 Å². The minimum Gasteiger partial charge on any atom is -0.435 e. The van der Waals surface area contributed by atoms with Crippen LogP contribution in [0, 0.1) is 0 Å². The van der Waals surface area contributed by atoms with E-state index in [1.54, 1.807) is 24.3 Å². The Labute approximate surface area is 179 Å². The zero-order valence-corrected chi connectivity index (χ0v) is 17.5. The first-order valence-electron chi connectivity index (χ1n) is 10.3. The van der Waals surface area contributed by atoms with Crippen molar-refractivity contribution in [2.45, 2.75) is 50.0 Å². The van der Waals surface area contributed by atoms with Gasteiger partial charge in [0.25, 0.3) is 0 Å². The van der Waals surface area contributed by atoms with E-state index in [1.165, 1.54) is 6.07 Å². The maximum atomic E-state index is 12.7. The van der Waals surface area contributed by atoms with E-state index in [0.29, 0.717) is 24.2 Å². The second kappa shape index (κ2) is 7.40. The SMILES string of the molecule is Nc1c(-c2ccc(NS(=O)(=O)C3CC3)cc2)n(C2CCC2)c2cc(OC(F)F)ccc12. The Bertz CT molecular complexity index is 1230. The number of rotatable bonds is 7. The monoisotopic (exact) mass is 447 g/mol. The molecule has 0 atom stereocenters. The highest BCUT2D eigenvalue weighted by atomic mass is 32.2. The van der Waals surface area contributed by atoms with Crippen LogP contribution in [0.4, 0.5) is 20.2 Å². The summed E-state index contributed by atoms with van der Waals surface area (Å²) < 4.78 is 59.1. The molecular formula is C22H23F2N3O3S. The number of nitrogen functional groups attached to an aromatic ring is 1. The lowest BCUT2D eigenvalue weighted by atomic mass is 9.92. The lowest BCUT2D eigenvalue weighted by Crippen LogP contribution is -2.18. The quantitative estimate of drug-likeness (QED) is 0.526. The van der Waals surface area contributed by atoms with Gasteiger partial charge in [0.2, 0.25) is 10.0 Å². The van der Waals surface area contributed by atoms with Crippen LogP contribution >= 0.6 is 0 Å². The van der Waals surface area contributed by atoms with Crippen LogP contribution in [0.3, 0.4) is 0 Å². The summed E-state index contributed by atoms with van der Waals surface area (Å²) in [6, 6.07) is 12.2. The number of ether oxygens (including phenoxy) is 1. The van der Waals surface area contributed by atoms with Crippen molar-refractivity contribution in [2.75, 3.05) is 10.5 Å². The summed E-state index contributed by atoms with van der Waals surface area (Å²) in [7, 11) is -3.33. The van der Waals surface area contributed by atoms with Gasteiger partial charge < -0.3 is 15.0 Å². The summed E-state index contributed by atoms with van der Waals surface area (Å²) >= 11 is 0. The number of halogens is 2. The maximum Gasteiger partial charge on any atom is 0.387 e. The van der Waals surface area contributed by atoms with Crippen molar-refractivity contribution in [3.8, 4) is 17.0 Å². The Kier molecular flexibility index (Phi) is 4.80. The Morgan fingerprint density at radius 2 is 1.77 bits per heavy atom. The Balaban J connectivity index is 1.56. The van der Waals surface area contributed by atoms with E-state index in [4.69, 9.17) is 5.73 Å². The van der Waals surface area contributed by atoms with Crippen molar-refractivity contribution in [1.82, 2.24) is 4.57 Å². The molecule has 3 N–H and O–H groups in total. The van der Waals surface area contributed by atoms with E-state index >= 15 is 0 Å². The molecule has 1 heterocycles. The molecular weight excluding hydrogens is 424 g/mol. The van der Waals surface area contributed by atoms with Gasteiger partial charge in [0.1, 0.15) is 5.75 Å². The Morgan fingerprint density at radius 3 is 2.35 bits per heavy atom. The molecule has 164 valence electrons. The van der Waals surface area contributed by atoms with E-state index in [-0.39, 0.29) is 17.0 Å². The molecule has 0 spiro atoms. The predicted octanol–water partition coefficient (Wildman–Crippen LogP) is 5.12. The van der Waals surface area contributed by atoms with Gasteiger partial charge in [-0.25, -0.2) is 8.42 Å². The van der Waals surface area contributed by atoms with Crippen LogP contribution < -0.4 is 15.2 Å². The Morgan fingerprint density at radius 1 is 1.06 bits per heavy atom. The van der Waals surface area contributed by atoms with Crippen molar-refractivity contribution in [3.63, 3.8) is 0 Å². The van der Waals surface area contributed by atoms with E-state index < -0.39 is 16.6 Å². The molecule has 0 unspecified atom stereocenters. The topological polar surface area (TPSA) is 86.4 Å². The van der Waals surface area contributed by atoms with Gasteiger partial charge in [-0.1, -0.05) is 12.1 Å². The van der Waals surface area contributed by atoms with Gasteiger partial charge in [0.05, 0.1) is 22.1 Å². The van der Waals surface area contributed by atoms with Crippen LogP contribution in [0.5, 0.6) is 5.75 Å². The number of alkyl halides is 2. The third-order valence-electron chi connectivity index (χ3n) is 6.06. The molecule has 0 aliphatic heterocycles. The largest absolute Gasteiger partial charge is 0.435 e. The highest BCUT2D eigenvalue weighted by molar-refractivity contribution is 7.93. The van der Waals surface area contributed by atoms with E-state index in [2.05, 4.69) is 14.0 Å². The molecule has 2 aliphatic carbocycles. The molecule has 0 radical (unpaired) electrons. The van der Waals surface area contributed by atoms with Crippen LogP contribution in [0.1, 0.15) is 38.1 Å². The van der Waals surface area contributed by atoms with Crippen LogP contribution in [0.25, 0.3) is 22.2 Å². The standard InChI is InChI=1S/C22H23F2N3O3S/c23-22(24)30-16-8-11-18-19(12-16)27(15-2-1-3-15)21(20(18)25)13-4-6-14(7-5-13)26-31(28,29)17-9-10-17/h4-8,11-12,15,17,22,26H,1-3,9-10,25H2. The molecule has 2 saturated carbocycles. The molecule has 3 aromatic rings. The average Bonchev–Trinajstić information content (AvgIpc) is 3.49. The summed E-state index contributed by atoms with van der Waals surface area (Å²) in [6.45, 7) is -2.90. The molecule has 0 saturated heterocycles. The summed E-state index contributed by atoms with van der Waals surface area (Å²) in [5.41, 5.74) is 9.99. The second-order valence-corrected chi connectivity index (χ2v) is 10.2. The van der Waals surface area contributed by atoms with E-state index in [1.807, 2.05) is 12.1 Å². The first-order chi connectivity index (χ1) is 14.8. The number of hydrogen-bond donors (Lipinski definition) is 2. The number of sulfonamides is 1. The van der Waals surface area contributed by atoms with Gasteiger partial charge in [-0.15, -0.1) is 0 Å². The highest BCUT2D eigenvalue weighted by Gasteiger charge is 2.35. The van der Waals surface area contributed by atoms with Crippen LogP contribution in [-0.2, 0) is 10.0 Å². The molecule has 2 fully saturated rings. The van der Waals surface area contributed by atoms with E-state index in [0.717, 1.165) is 41.4 Å². The summed E-state index contributed by atoms with van der Waals surface area (Å²) in [4.78, 5) is 0. The summed E-state index contributed by atoms with van der Waals surface area (Å²) in [6.07, 6.45) is 4.45. The summed E-state index contributed by atoms with van der Waals surface area (Å²) in [5.74, 6) is 0.0944. The van der Waals surface area contributed by atoms with Crippen molar-refractivity contribution in [3.05, 3.63) is 42.5 Å². The lowest BCUT2D eigenvalue weighted by Gasteiger charge is -2.30. The lowest BCUT2D eigenvalue weighted by molar-refractivity contribution is -0.0497. The fraction of sp³-hybridized carbons (Fsp3) is 0.364. The number of nitrogens with two attached hydrogens (primary N) is 1. The fourth-order valence-electron chi connectivity index (χ4n) is 4.13. The van der Waals surface area contributed by atoms with Crippen LogP contribution in [0.15, 0.2) is 42.5 Å². The fourth-order valence-corrected chi connectivity index (χ4v) is 5.52. The number of nitrogens with zero attached hydrogens (tertiary/aromatic N) is 1. The van der Waals surface area contributed by atoms with E-state index in [9.17, 15) is 17.2 Å². The van der Waals surface area contributed by atoms with Crippen LogP contribution in [0.2, 0.25) is 0 Å². The second-order valence-electron chi connectivity index (χ2n) is 8.20. The molecule has 2 aromatic carbocycles. The molecule has 2 aliphatic rings. The van der Waals surface area contributed by atoms with Crippen molar-refractivity contribution < 1.29 is 21.9 Å². The molecule has 0 amide bonds. The maximum absolute atomic E-state index is 12.7. The molecule has 31 heavy (non-hydrogen) atoms. The molecule has 9 heteroatoms. The normalized spacial score (nSPS) is 17.1. The molecule has 0 bridgehead atoms. The van der Waals surface area contributed by atoms with Gasteiger partial charge in [0, 0.05) is 28.7 Å². The average molecular weight is 448 g/mol. The highest BCUT2D eigenvalue weighted by Crippen LogP contribution is 2.45. The van der Waals surface area contributed by atoms with Crippen molar-refractivity contribution in [1.29, 1.82) is 0 Å². The van der Waals surface area contributed by atoms with Gasteiger partial charge in [-0.2, -0.15) is 8.78 Å². The van der Waals surface area contributed by atoms with Gasteiger partial charge >= 0.3 is 6.61 Å².